The van der Waals surface area contributed by atoms with Crippen LogP contribution in [0, 0.1) is 0 Å². The maximum Gasteiger partial charge on any atom is 0.253 e. The van der Waals surface area contributed by atoms with Crippen LogP contribution in [-0.2, 0) is 0 Å². The molecule has 0 radical (unpaired) electrons. The monoisotopic (exact) mass is 297 g/mol. The number of hydrogen-bond donors (Lipinski definition) is 0. The van der Waals surface area contributed by atoms with Crippen molar-refractivity contribution < 1.29 is 4.79 Å². The summed E-state index contributed by atoms with van der Waals surface area (Å²) in [6, 6.07) is 1.60. The lowest BCUT2D eigenvalue weighted by molar-refractivity contribution is 0.108. The molecule has 0 unspecified atom stereocenters. The van der Waals surface area contributed by atoms with Crippen LogP contribution in [0.4, 0.5) is 0 Å². The third kappa shape index (κ3) is 2.25. The molecule has 1 aromatic rings. The number of carbonyl (C=O) groups is 1. The molecule has 11 heavy (non-hydrogen) atoms. The Kier molecular flexibility index (Phi) is 3.04. The molecule has 58 valence electrons. The van der Waals surface area contributed by atoms with Crippen LogP contribution in [0.25, 0.3) is 0 Å². The van der Waals surface area contributed by atoms with Crippen LogP contribution in [0.3, 0.4) is 0 Å². The molecule has 5 heteroatoms. The fourth-order valence-corrected chi connectivity index (χ4v) is 1.20. The van der Waals surface area contributed by atoms with E-state index in [9.17, 15) is 4.79 Å². The molecule has 0 saturated carbocycles. The lowest BCUT2D eigenvalue weighted by Gasteiger charge is -1.95. The van der Waals surface area contributed by atoms with Gasteiger partial charge in [0.05, 0.1) is 10.0 Å². The fraction of sp³-hybridized carbons (Fsp3) is 0. The van der Waals surface area contributed by atoms with Crippen molar-refractivity contribution in [3.05, 3.63) is 26.9 Å². The second kappa shape index (κ2) is 3.65. The number of carbonyl (C=O) groups excluding carboxylic acids is 1. The molecule has 0 aromatic carbocycles. The van der Waals surface area contributed by atoms with Gasteiger partial charge in [0.25, 0.3) is 5.24 Å². The quantitative estimate of drug-likeness (QED) is 0.589. The van der Waals surface area contributed by atoms with Gasteiger partial charge in [-0.2, -0.15) is 0 Å². The predicted octanol–water partition coefficient (Wildman–Crippen LogP) is 2.99. The number of hydrogen-bond acceptors (Lipinski definition) is 2. The lowest BCUT2D eigenvalue weighted by Crippen LogP contribution is -1.90. The van der Waals surface area contributed by atoms with Crippen LogP contribution in [0.1, 0.15) is 10.4 Å². The van der Waals surface area contributed by atoms with E-state index in [1.54, 1.807) is 6.07 Å². The van der Waals surface area contributed by atoms with Gasteiger partial charge in [-0.15, -0.1) is 0 Å². The van der Waals surface area contributed by atoms with Crippen molar-refractivity contribution >= 4 is 48.7 Å². The maximum absolute atomic E-state index is 10.6. The van der Waals surface area contributed by atoms with Gasteiger partial charge in [-0.25, -0.2) is 4.98 Å². The van der Waals surface area contributed by atoms with Gasteiger partial charge in [-0.3, -0.25) is 4.79 Å². The summed E-state index contributed by atoms with van der Waals surface area (Å²) in [6.45, 7) is 0. The largest absolute Gasteiger partial charge is 0.276 e. The van der Waals surface area contributed by atoms with Crippen LogP contribution in [0.2, 0.25) is 0 Å². The van der Waals surface area contributed by atoms with Crippen molar-refractivity contribution in [2.24, 2.45) is 0 Å². The summed E-state index contributed by atoms with van der Waals surface area (Å²) < 4.78 is 1.36. The average Bonchev–Trinajstić information content (AvgIpc) is 1.94. The predicted molar refractivity (Wildman–Crippen MR) is 49.8 cm³/mol. The topological polar surface area (TPSA) is 30.0 Å². The van der Waals surface area contributed by atoms with Gasteiger partial charge in [-0.05, 0) is 49.5 Å². The van der Waals surface area contributed by atoms with E-state index in [1.165, 1.54) is 6.20 Å². The van der Waals surface area contributed by atoms with Gasteiger partial charge in [-0.1, -0.05) is 0 Å². The molecule has 0 bridgehead atoms. The zero-order valence-electron chi connectivity index (χ0n) is 5.14. The van der Waals surface area contributed by atoms with Crippen molar-refractivity contribution in [2.75, 3.05) is 0 Å². The summed E-state index contributed by atoms with van der Waals surface area (Å²) >= 11 is 11.6. The minimum Gasteiger partial charge on any atom is -0.276 e. The second-order valence-corrected chi connectivity index (χ2v) is 3.72. The van der Waals surface area contributed by atoms with Gasteiger partial charge < -0.3 is 0 Å². The van der Waals surface area contributed by atoms with Crippen molar-refractivity contribution in [2.45, 2.75) is 0 Å². The SMILES string of the molecule is O=C(Cl)c1cnc(Br)c(Br)c1. The summed E-state index contributed by atoms with van der Waals surface area (Å²) in [7, 11) is 0. The third-order valence-corrected chi connectivity index (χ3v) is 3.01. The Labute approximate surface area is 85.2 Å². The molecule has 1 heterocycles. The van der Waals surface area contributed by atoms with E-state index in [-0.39, 0.29) is 0 Å². The first-order chi connectivity index (χ1) is 5.11. The van der Waals surface area contributed by atoms with E-state index in [2.05, 4.69) is 36.8 Å². The Morgan fingerprint density at radius 3 is 2.64 bits per heavy atom. The molecule has 0 N–H and O–H groups in total. The van der Waals surface area contributed by atoms with E-state index >= 15 is 0 Å². The zero-order chi connectivity index (χ0) is 8.43. The molecule has 0 fully saturated rings. The normalized spacial score (nSPS) is 9.73. The first-order valence-corrected chi connectivity index (χ1v) is 4.58. The standard InChI is InChI=1S/C6H2Br2ClNO/c7-4-1-3(6(9)11)2-10-5(4)8/h1-2H. The van der Waals surface area contributed by atoms with E-state index in [4.69, 9.17) is 11.6 Å². The molecule has 1 aromatic heterocycles. The smallest absolute Gasteiger partial charge is 0.253 e. The zero-order valence-corrected chi connectivity index (χ0v) is 9.07. The molecule has 0 atom stereocenters. The van der Waals surface area contributed by atoms with Crippen LogP contribution < -0.4 is 0 Å². The highest BCUT2D eigenvalue weighted by atomic mass is 79.9. The fourth-order valence-electron chi connectivity index (χ4n) is 0.529. The van der Waals surface area contributed by atoms with Crippen LogP contribution >= 0.6 is 43.5 Å². The number of pyridine rings is 1. The highest BCUT2D eigenvalue weighted by Crippen LogP contribution is 2.21. The van der Waals surface area contributed by atoms with E-state index < -0.39 is 5.24 Å². The van der Waals surface area contributed by atoms with Crippen molar-refractivity contribution in [1.29, 1.82) is 0 Å². The van der Waals surface area contributed by atoms with E-state index in [0.717, 1.165) is 0 Å². The van der Waals surface area contributed by atoms with Crippen molar-refractivity contribution in [3.8, 4) is 0 Å². The summed E-state index contributed by atoms with van der Waals surface area (Å²) in [6.07, 6.45) is 1.41. The number of aromatic nitrogens is 1. The molecule has 0 aliphatic rings. The number of rotatable bonds is 1. The molecular weight excluding hydrogens is 297 g/mol. The maximum atomic E-state index is 10.6. The van der Waals surface area contributed by atoms with Gasteiger partial charge in [0.15, 0.2) is 0 Å². The molecule has 0 amide bonds. The first-order valence-electron chi connectivity index (χ1n) is 2.62. The highest BCUT2D eigenvalue weighted by Gasteiger charge is 2.04. The van der Waals surface area contributed by atoms with Gasteiger partial charge >= 0.3 is 0 Å². The highest BCUT2D eigenvalue weighted by molar-refractivity contribution is 9.13. The molecule has 0 aliphatic heterocycles. The van der Waals surface area contributed by atoms with Gasteiger partial charge in [0.2, 0.25) is 0 Å². The number of nitrogens with zero attached hydrogens (tertiary/aromatic N) is 1. The van der Waals surface area contributed by atoms with E-state index in [0.29, 0.717) is 14.6 Å². The Morgan fingerprint density at radius 1 is 1.55 bits per heavy atom. The van der Waals surface area contributed by atoms with Gasteiger partial charge in [0, 0.05) is 6.20 Å². The van der Waals surface area contributed by atoms with E-state index in [1.807, 2.05) is 0 Å². The Morgan fingerprint density at radius 2 is 2.18 bits per heavy atom. The molecule has 1 rings (SSSR count). The Bertz CT molecular complexity index is 303. The van der Waals surface area contributed by atoms with Crippen LogP contribution in [-0.4, -0.2) is 10.2 Å². The van der Waals surface area contributed by atoms with Crippen molar-refractivity contribution in [1.82, 2.24) is 4.98 Å². The summed E-state index contributed by atoms with van der Waals surface area (Å²) in [5.74, 6) is 0. The first kappa shape index (κ1) is 9.16. The lowest BCUT2D eigenvalue weighted by atomic mass is 10.3. The molecule has 0 saturated heterocycles. The minimum absolute atomic E-state index is 0.377. The van der Waals surface area contributed by atoms with Gasteiger partial charge in [0.1, 0.15) is 4.60 Å². The average molecular weight is 299 g/mol. The minimum atomic E-state index is -0.509. The molecule has 0 spiro atoms. The summed E-state index contributed by atoms with van der Waals surface area (Å²) in [4.78, 5) is 14.5. The molecular formula is C6H2Br2ClNO. The molecule has 0 aliphatic carbocycles. The third-order valence-electron chi connectivity index (χ3n) is 1.02. The summed E-state index contributed by atoms with van der Waals surface area (Å²) in [5.41, 5.74) is 0.377. The van der Waals surface area contributed by atoms with Crippen LogP contribution in [0.15, 0.2) is 21.3 Å². The Hall–Kier alpha value is 0.0700. The van der Waals surface area contributed by atoms with Crippen molar-refractivity contribution in [3.63, 3.8) is 0 Å². The van der Waals surface area contributed by atoms with Crippen LogP contribution in [0.5, 0.6) is 0 Å². The Balaban J connectivity index is 3.15. The second-order valence-electron chi connectivity index (χ2n) is 1.77. The molecule has 2 nitrogen and oxygen atoms in total. The number of halogens is 3. The summed E-state index contributed by atoms with van der Waals surface area (Å²) in [5, 5.41) is -0.509.